The highest BCUT2D eigenvalue weighted by molar-refractivity contribution is 7.98. The zero-order valence-electron chi connectivity index (χ0n) is 8.90. The van der Waals surface area contributed by atoms with Crippen LogP contribution in [0.4, 0.5) is 0 Å². The molecule has 3 nitrogen and oxygen atoms in total. The summed E-state index contributed by atoms with van der Waals surface area (Å²) >= 11 is 1.57. The largest absolute Gasteiger partial charge is 0.497 e. The standard InChI is InChI=1S/C11H15NO2S/c1-14-9-5-3-8(4-6-9)11(13)10(12)7-15-2/h3-6,10H,7,12H2,1-2H3/t10-/m0/s1. The van der Waals surface area contributed by atoms with Crippen LogP contribution in [0.25, 0.3) is 0 Å². The normalized spacial score (nSPS) is 12.2. The Balaban J connectivity index is 2.73. The summed E-state index contributed by atoms with van der Waals surface area (Å²) in [4.78, 5) is 11.8. The molecule has 4 heteroatoms. The molecule has 0 unspecified atom stereocenters. The van der Waals surface area contributed by atoms with E-state index in [0.29, 0.717) is 11.3 Å². The molecule has 0 heterocycles. The minimum atomic E-state index is -0.423. The number of hydrogen-bond donors (Lipinski definition) is 1. The van der Waals surface area contributed by atoms with Gasteiger partial charge in [0.2, 0.25) is 0 Å². The van der Waals surface area contributed by atoms with E-state index in [0.717, 1.165) is 5.75 Å². The van der Waals surface area contributed by atoms with Crippen LogP contribution >= 0.6 is 11.8 Å². The second kappa shape index (κ2) is 5.78. The van der Waals surface area contributed by atoms with Crippen LogP contribution in [-0.2, 0) is 0 Å². The fraction of sp³-hybridized carbons (Fsp3) is 0.364. The van der Waals surface area contributed by atoms with E-state index in [9.17, 15) is 4.79 Å². The van der Waals surface area contributed by atoms with Gasteiger partial charge in [-0.25, -0.2) is 0 Å². The van der Waals surface area contributed by atoms with E-state index < -0.39 is 6.04 Å². The molecule has 1 aromatic carbocycles. The molecule has 0 saturated heterocycles. The highest BCUT2D eigenvalue weighted by atomic mass is 32.2. The highest BCUT2D eigenvalue weighted by Gasteiger charge is 2.14. The summed E-state index contributed by atoms with van der Waals surface area (Å²) in [6.07, 6.45) is 1.93. The number of nitrogens with two attached hydrogens (primary N) is 1. The molecule has 2 N–H and O–H groups in total. The summed E-state index contributed by atoms with van der Waals surface area (Å²) in [6.45, 7) is 0. The number of hydrogen-bond acceptors (Lipinski definition) is 4. The average molecular weight is 225 g/mol. The summed E-state index contributed by atoms with van der Waals surface area (Å²) in [5.74, 6) is 1.36. The predicted molar refractivity (Wildman–Crippen MR) is 63.7 cm³/mol. The molecule has 0 aliphatic carbocycles. The van der Waals surface area contributed by atoms with Crippen molar-refractivity contribution in [2.24, 2.45) is 5.73 Å². The molecule has 1 atom stereocenters. The number of Topliss-reactive ketones (excluding diaryl/α,β-unsaturated/α-hetero) is 1. The summed E-state index contributed by atoms with van der Waals surface area (Å²) in [7, 11) is 1.59. The summed E-state index contributed by atoms with van der Waals surface area (Å²) < 4.78 is 5.01. The molecule has 0 spiro atoms. The average Bonchev–Trinajstić information content (AvgIpc) is 2.28. The Labute approximate surface area is 94.0 Å². The maximum absolute atomic E-state index is 11.8. The third kappa shape index (κ3) is 3.25. The van der Waals surface area contributed by atoms with Crippen LogP contribution in [-0.4, -0.2) is 30.9 Å². The molecular weight excluding hydrogens is 210 g/mol. The van der Waals surface area contributed by atoms with Crippen molar-refractivity contribution in [3.05, 3.63) is 29.8 Å². The minimum absolute atomic E-state index is 0.0213. The Morgan fingerprint density at radius 2 is 2.07 bits per heavy atom. The first-order valence-electron chi connectivity index (χ1n) is 4.62. The summed E-state index contributed by atoms with van der Waals surface area (Å²) in [5.41, 5.74) is 6.37. The second-order valence-electron chi connectivity index (χ2n) is 3.15. The number of benzene rings is 1. The molecule has 0 aliphatic rings. The number of carbonyl (C=O) groups is 1. The molecule has 82 valence electrons. The van der Waals surface area contributed by atoms with Gasteiger partial charge in [-0.3, -0.25) is 4.79 Å². The molecule has 0 bridgehead atoms. The smallest absolute Gasteiger partial charge is 0.180 e. The lowest BCUT2D eigenvalue weighted by atomic mass is 10.1. The van der Waals surface area contributed by atoms with Crippen LogP contribution in [0, 0.1) is 0 Å². The molecule has 0 aromatic heterocycles. The van der Waals surface area contributed by atoms with E-state index in [1.54, 1.807) is 43.1 Å². The number of ketones is 1. The van der Waals surface area contributed by atoms with E-state index in [4.69, 9.17) is 10.5 Å². The number of methoxy groups -OCH3 is 1. The van der Waals surface area contributed by atoms with Crippen molar-refractivity contribution in [1.82, 2.24) is 0 Å². The van der Waals surface area contributed by atoms with Gasteiger partial charge in [-0.05, 0) is 30.5 Å². The summed E-state index contributed by atoms with van der Waals surface area (Å²) in [6, 6.07) is 6.58. The van der Waals surface area contributed by atoms with Crippen molar-refractivity contribution in [2.75, 3.05) is 19.1 Å². The van der Waals surface area contributed by atoms with Gasteiger partial charge in [-0.15, -0.1) is 0 Å². The topological polar surface area (TPSA) is 52.3 Å². The van der Waals surface area contributed by atoms with Gasteiger partial charge >= 0.3 is 0 Å². The fourth-order valence-corrected chi connectivity index (χ4v) is 1.74. The Bertz CT molecular complexity index is 324. The van der Waals surface area contributed by atoms with Crippen LogP contribution in [0.2, 0.25) is 0 Å². The number of rotatable bonds is 5. The summed E-state index contributed by atoms with van der Waals surface area (Å²) in [5, 5.41) is 0. The second-order valence-corrected chi connectivity index (χ2v) is 4.07. The van der Waals surface area contributed by atoms with Crippen molar-refractivity contribution in [1.29, 1.82) is 0 Å². The molecule has 1 rings (SSSR count). The highest BCUT2D eigenvalue weighted by Crippen LogP contribution is 2.13. The predicted octanol–water partition coefficient (Wildman–Crippen LogP) is 1.57. The Morgan fingerprint density at radius 3 is 2.53 bits per heavy atom. The van der Waals surface area contributed by atoms with Crippen molar-refractivity contribution >= 4 is 17.5 Å². The quantitative estimate of drug-likeness (QED) is 0.773. The molecule has 0 amide bonds. The van der Waals surface area contributed by atoms with Crippen LogP contribution in [0.15, 0.2) is 24.3 Å². The Kier molecular flexibility index (Phi) is 4.65. The van der Waals surface area contributed by atoms with E-state index in [-0.39, 0.29) is 5.78 Å². The van der Waals surface area contributed by atoms with Crippen LogP contribution < -0.4 is 10.5 Å². The third-order valence-corrected chi connectivity index (χ3v) is 2.75. The Hall–Kier alpha value is -1.00. The van der Waals surface area contributed by atoms with E-state index >= 15 is 0 Å². The third-order valence-electron chi connectivity index (χ3n) is 2.06. The van der Waals surface area contributed by atoms with Gasteiger partial charge in [0.25, 0.3) is 0 Å². The van der Waals surface area contributed by atoms with Gasteiger partial charge in [0.1, 0.15) is 5.75 Å². The molecule has 0 radical (unpaired) electrons. The van der Waals surface area contributed by atoms with Crippen molar-refractivity contribution < 1.29 is 9.53 Å². The van der Waals surface area contributed by atoms with E-state index in [1.165, 1.54) is 0 Å². The number of ether oxygens (including phenoxy) is 1. The van der Waals surface area contributed by atoms with Crippen molar-refractivity contribution in [2.45, 2.75) is 6.04 Å². The zero-order valence-corrected chi connectivity index (χ0v) is 9.71. The molecule has 1 aromatic rings. The number of carbonyl (C=O) groups excluding carboxylic acids is 1. The molecule has 15 heavy (non-hydrogen) atoms. The first kappa shape index (κ1) is 12.1. The molecule has 0 saturated carbocycles. The van der Waals surface area contributed by atoms with Gasteiger partial charge in [0.15, 0.2) is 5.78 Å². The van der Waals surface area contributed by atoms with Crippen molar-refractivity contribution in [3.8, 4) is 5.75 Å². The minimum Gasteiger partial charge on any atom is -0.497 e. The van der Waals surface area contributed by atoms with E-state index in [2.05, 4.69) is 0 Å². The lowest BCUT2D eigenvalue weighted by molar-refractivity contribution is 0.0970. The van der Waals surface area contributed by atoms with Gasteiger partial charge < -0.3 is 10.5 Å². The van der Waals surface area contributed by atoms with Gasteiger partial charge in [-0.2, -0.15) is 11.8 Å². The zero-order chi connectivity index (χ0) is 11.3. The molecular formula is C11H15NO2S. The van der Waals surface area contributed by atoms with Crippen LogP contribution in [0.5, 0.6) is 5.75 Å². The SMILES string of the molecule is COc1ccc(C(=O)[C@@H](N)CSC)cc1. The molecule has 0 fully saturated rings. The Morgan fingerprint density at radius 1 is 1.47 bits per heavy atom. The van der Waals surface area contributed by atoms with Gasteiger partial charge in [0, 0.05) is 11.3 Å². The van der Waals surface area contributed by atoms with Crippen molar-refractivity contribution in [3.63, 3.8) is 0 Å². The fourth-order valence-electron chi connectivity index (χ4n) is 1.22. The van der Waals surface area contributed by atoms with Gasteiger partial charge in [-0.1, -0.05) is 0 Å². The van der Waals surface area contributed by atoms with Gasteiger partial charge in [0.05, 0.1) is 13.2 Å². The maximum atomic E-state index is 11.8. The van der Waals surface area contributed by atoms with E-state index in [1.807, 2.05) is 6.26 Å². The maximum Gasteiger partial charge on any atom is 0.180 e. The first-order valence-corrected chi connectivity index (χ1v) is 6.01. The monoisotopic (exact) mass is 225 g/mol. The van der Waals surface area contributed by atoms with Crippen LogP contribution in [0.1, 0.15) is 10.4 Å². The lowest BCUT2D eigenvalue weighted by Crippen LogP contribution is -2.32. The number of thioether (sulfide) groups is 1. The molecule has 0 aliphatic heterocycles. The van der Waals surface area contributed by atoms with Crippen LogP contribution in [0.3, 0.4) is 0 Å². The lowest BCUT2D eigenvalue weighted by Gasteiger charge is -2.09. The first-order chi connectivity index (χ1) is 7.19.